The smallest absolute Gasteiger partial charge is 0.0672 e. The zero-order valence-electron chi connectivity index (χ0n) is 11.7. The number of aromatic nitrogens is 2. The standard InChI is InChI=1S/C14H21N5/c1-9-7-19(8-10(2)18(9)3)14-5-13-11(4-12(14)15)6-16-17-13/h4-6,9-10H,7-8,15H2,1-3H3,(H,16,17). The molecule has 0 radical (unpaired) electrons. The van der Waals surface area contributed by atoms with Gasteiger partial charge in [0.25, 0.3) is 0 Å². The Hall–Kier alpha value is -1.75. The van der Waals surface area contributed by atoms with Crippen molar-refractivity contribution in [2.75, 3.05) is 30.8 Å². The number of fused-ring (bicyclic) bond motifs is 1. The quantitative estimate of drug-likeness (QED) is 0.765. The molecule has 2 aromatic rings. The lowest BCUT2D eigenvalue weighted by Gasteiger charge is -2.43. The van der Waals surface area contributed by atoms with E-state index in [9.17, 15) is 0 Å². The van der Waals surface area contributed by atoms with Crippen LogP contribution in [0.1, 0.15) is 13.8 Å². The van der Waals surface area contributed by atoms with Gasteiger partial charge in [0.1, 0.15) is 0 Å². The number of nitrogens with two attached hydrogens (primary N) is 1. The van der Waals surface area contributed by atoms with E-state index in [2.05, 4.69) is 47.0 Å². The lowest BCUT2D eigenvalue weighted by atomic mass is 10.1. The topological polar surface area (TPSA) is 61.2 Å². The highest BCUT2D eigenvalue weighted by Crippen LogP contribution is 2.30. The van der Waals surface area contributed by atoms with Gasteiger partial charge in [0.15, 0.2) is 0 Å². The Bertz CT molecular complexity index is 579. The summed E-state index contributed by atoms with van der Waals surface area (Å²) in [7, 11) is 2.19. The summed E-state index contributed by atoms with van der Waals surface area (Å²) >= 11 is 0. The fourth-order valence-electron chi connectivity index (χ4n) is 2.87. The number of anilines is 2. The highest BCUT2D eigenvalue weighted by molar-refractivity contribution is 5.89. The Morgan fingerprint density at radius 1 is 1.26 bits per heavy atom. The third kappa shape index (κ3) is 2.04. The molecule has 1 aromatic carbocycles. The van der Waals surface area contributed by atoms with E-state index in [1.54, 1.807) is 0 Å². The minimum Gasteiger partial charge on any atom is -0.397 e. The highest BCUT2D eigenvalue weighted by Gasteiger charge is 2.27. The number of piperazine rings is 1. The summed E-state index contributed by atoms with van der Waals surface area (Å²) in [6, 6.07) is 5.17. The van der Waals surface area contributed by atoms with Crippen molar-refractivity contribution in [2.24, 2.45) is 0 Å². The lowest BCUT2D eigenvalue weighted by molar-refractivity contribution is 0.170. The van der Waals surface area contributed by atoms with Crippen LogP contribution in [-0.2, 0) is 0 Å². The number of hydrogen-bond acceptors (Lipinski definition) is 4. The molecule has 0 saturated carbocycles. The van der Waals surface area contributed by atoms with E-state index < -0.39 is 0 Å². The summed E-state index contributed by atoms with van der Waals surface area (Å²) in [6.07, 6.45) is 1.81. The Balaban J connectivity index is 1.97. The van der Waals surface area contributed by atoms with Gasteiger partial charge in [0, 0.05) is 30.6 Å². The van der Waals surface area contributed by atoms with Crippen LogP contribution >= 0.6 is 0 Å². The number of likely N-dealkylation sites (N-methyl/N-ethyl adjacent to an activating group) is 1. The molecule has 3 rings (SSSR count). The van der Waals surface area contributed by atoms with Crippen molar-refractivity contribution in [3.05, 3.63) is 18.3 Å². The number of nitrogen functional groups attached to an aromatic ring is 1. The van der Waals surface area contributed by atoms with Crippen LogP contribution < -0.4 is 10.6 Å². The lowest BCUT2D eigenvalue weighted by Crippen LogP contribution is -2.55. The maximum Gasteiger partial charge on any atom is 0.0672 e. The monoisotopic (exact) mass is 259 g/mol. The zero-order valence-corrected chi connectivity index (χ0v) is 11.7. The second-order valence-corrected chi connectivity index (χ2v) is 5.64. The van der Waals surface area contributed by atoms with Gasteiger partial charge < -0.3 is 10.6 Å². The molecule has 0 amide bonds. The largest absolute Gasteiger partial charge is 0.397 e. The van der Waals surface area contributed by atoms with Crippen LogP contribution in [0.3, 0.4) is 0 Å². The molecule has 2 atom stereocenters. The van der Waals surface area contributed by atoms with Gasteiger partial charge in [-0.2, -0.15) is 5.10 Å². The van der Waals surface area contributed by atoms with E-state index in [0.29, 0.717) is 12.1 Å². The van der Waals surface area contributed by atoms with Gasteiger partial charge in [0.05, 0.1) is 23.1 Å². The first kappa shape index (κ1) is 12.3. The molecule has 1 saturated heterocycles. The normalized spacial score (nSPS) is 25.1. The number of H-pyrrole nitrogens is 1. The molecule has 1 fully saturated rings. The predicted molar refractivity (Wildman–Crippen MR) is 79.4 cm³/mol. The molecular weight excluding hydrogens is 238 g/mol. The Morgan fingerprint density at radius 3 is 2.63 bits per heavy atom. The first-order valence-electron chi connectivity index (χ1n) is 6.75. The van der Waals surface area contributed by atoms with Gasteiger partial charge in [-0.3, -0.25) is 10.00 Å². The average Bonchev–Trinajstić information content (AvgIpc) is 2.81. The van der Waals surface area contributed by atoms with E-state index in [4.69, 9.17) is 5.73 Å². The maximum absolute atomic E-state index is 6.21. The summed E-state index contributed by atoms with van der Waals surface area (Å²) in [6.45, 7) is 6.52. The molecule has 102 valence electrons. The molecule has 0 spiro atoms. The summed E-state index contributed by atoms with van der Waals surface area (Å²) in [4.78, 5) is 4.80. The molecular formula is C14H21N5. The first-order chi connectivity index (χ1) is 9.06. The van der Waals surface area contributed by atoms with Crippen molar-refractivity contribution in [3.63, 3.8) is 0 Å². The zero-order chi connectivity index (χ0) is 13.6. The van der Waals surface area contributed by atoms with Crippen molar-refractivity contribution in [3.8, 4) is 0 Å². The van der Waals surface area contributed by atoms with Crippen molar-refractivity contribution in [2.45, 2.75) is 25.9 Å². The van der Waals surface area contributed by atoms with E-state index in [-0.39, 0.29) is 0 Å². The Labute approximate surface area is 113 Å². The number of aromatic amines is 1. The van der Waals surface area contributed by atoms with E-state index in [1.165, 1.54) is 0 Å². The number of nitrogens with zero attached hydrogens (tertiary/aromatic N) is 3. The molecule has 5 heteroatoms. The van der Waals surface area contributed by atoms with Crippen LogP contribution in [0.15, 0.2) is 18.3 Å². The third-order valence-electron chi connectivity index (χ3n) is 4.29. The minimum atomic E-state index is 0.528. The van der Waals surface area contributed by atoms with Crippen molar-refractivity contribution < 1.29 is 0 Å². The van der Waals surface area contributed by atoms with Crippen molar-refractivity contribution in [1.29, 1.82) is 0 Å². The fraction of sp³-hybridized carbons (Fsp3) is 0.500. The van der Waals surface area contributed by atoms with Gasteiger partial charge in [-0.1, -0.05) is 0 Å². The second-order valence-electron chi connectivity index (χ2n) is 5.64. The number of nitrogens with one attached hydrogen (secondary N) is 1. The highest BCUT2D eigenvalue weighted by atomic mass is 15.3. The summed E-state index contributed by atoms with van der Waals surface area (Å²) in [5.74, 6) is 0. The molecule has 0 bridgehead atoms. The molecule has 2 unspecified atom stereocenters. The maximum atomic E-state index is 6.21. The molecule has 19 heavy (non-hydrogen) atoms. The van der Waals surface area contributed by atoms with Crippen LogP contribution in [0.2, 0.25) is 0 Å². The average molecular weight is 259 g/mol. The molecule has 1 aliphatic rings. The number of benzene rings is 1. The minimum absolute atomic E-state index is 0.528. The van der Waals surface area contributed by atoms with Gasteiger partial charge >= 0.3 is 0 Å². The van der Waals surface area contributed by atoms with E-state index in [1.807, 2.05) is 12.3 Å². The van der Waals surface area contributed by atoms with Crippen molar-refractivity contribution in [1.82, 2.24) is 15.1 Å². The van der Waals surface area contributed by atoms with E-state index >= 15 is 0 Å². The van der Waals surface area contributed by atoms with E-state index in [0.717, 1.165) is 35.4 Å². The Kier molecular flexibility index (Phi) is 2.86. The summed E-state index contributed by atoms with van der Waals surface area (Å²) < 4.78 is 0. The first-order valence-corrected chi connectivity index (χ1v) is 6.75. The van der Waals surface area contributed by atoms with Crippen molar-refractivity contribution >= 4 is 22.3 Å². The van der Waals surface area contributed by atoms with Gasteiger partial charge in [-0.15, -0.1) is 0 Å². The number of hydrogen-bond donors (Lipinski definition) is 2. The number of rotatable bonds is 1. The molecule has 5 nitrogen and oxygen atoms in total. The van der Waals surface area contributed by atoms with Gasteiger partial charge in [0.2, 0.25) is 0 Å². The van der Waals surface area contributed by atoms with Crippen LogP contribution in [-0.4, -0.2) is 47.3 Å². The Morgan fingerprint density at radius 2 is 1.95 bits per heavy atom. The van der Waals surface area contributed by atoms with Crippen LogP contribution in [0.4, 0.5) is 11.4 Å². The van der Waals surface area contributed by atoms with Crippen LogP contribution in [0.5, 0.6) is 0 Å². The van der Waals surface area contributed by atoms with Gasteiger partial charge in [-0.25, -0.2) is 0 Å². The summed E-state index contributed by atoms with van der Waals surface area (Å²) in [5, 5.41) is 8.14. The molecule has 1 aromatic heterocycles. The molecule has 1 aliphatic heterocycles. The second kappa shape index (κ2) is 4.42. The molecule has 3 N–H and O–H groups in total. The molecule has 0 aliphatic carbocycles. The predicted octanol–water partition coefficient (Wildman–Crippen LogP) is 1.67. The van der Waals surface area contributed by atoms with Gasteiger partial charge in [-0.05, 0) is 33.0 Å². The van der Waals surface area contributed by atoms with Crippen LogP contribution in [0.25, 0.3) is 10.9 Å². The summed E-state index contributed by atoms with van der Waals surface area (Å²) in [5.41, 5.74) is 9.20. The SMILES string of the molecule is CC1CN(c2cc3[nH]ncc3cc2N)CC(C)N1C. The van der Waals surface area contributed by atoms with Crippen LogP contribution in [0, 0.1) is 0 Å². The third-order valence-corrected chi connectivity index (χ3v) is 4.29. The fourth-order valence-corrected chi connectivity index (χ4v) is 2.87. The molecule has 2 heterocycles.